The molecular formula is C9H15N5. The van der Waals surface area contributed by atoms with E-state index in [0.29, 0.717) is 11.0 Å². The van der Waals surface area contributed by atoms with E-state index in [1.807, 2.05) is 20.9 Å². The molecule has 0 aliphatic rings. The van der Waals surface area contributed by atoms with Crippen LogP contribution in [-0.4, -0.2) is 19.1 Å². The third-order valence-electron chi connectivity index (χ3n) is 1.84. The average Bonchev–Trinajstić information content (AvgIpc) is 2.58. The number of hydrogen-bond donors (Lipinski definition) is 1. The number of imidazole rings is 1. The van der Waals surface area contributed by atoms with Gasteiger partial charge >= 0.3 is 0 Å². The summed E-state index contributed by atoms with van der Waals surface area (Å²) in [7, 11) is 3.64. The summed E-state index contributed by atoms with van der Waals surface area (Å²) in [6.45, 7) is 4.00. The second-order valence-corrected chi connectivity index (χ2v) is 2.73. The van der Waals surface area contributed by atoms with Gasteiger partial charge in [-0.3, -0.25) is 5.41 Å². The monoisotopic (exact) mass is 193 g/mol. The van der Waals surface area contributed by atoms with Gasteiger partial charge in [-0.1, -0.05) is 13.8 Å². The number of fused-ring (bicyclic) bond motifs is 1. The first-order chi connectivity index (χ1) is 6.70. The van der Waals surface area contributed by atoms with Gasteiger partial charge in [0.05, 0.1) is 12.7 Å². The minimum absolute atomic E-state index is 0.389. The van der Waals surface area contributed by atoms with Crippen molar-refractivity contribution in [3.63, 3.8) is 0 Å². The average molecular weight is 193 g/mol. The number of hydrogen-bond acceptors (Lipinski definition) is 3. The normalized spacial score (nSPS) is 9.71. The van der Waals surface area contributed by atoms with E-state index in [4.69, 9.17) is 5.41 Å². The van der Waals surface area contributed by atoms with Gasteiger partial charge in [-0.2, -0.15) is 0 Å². The number of rotatable bonds is 0. The molecule has 14 heavy (non-hydrogen) atoms. The van der Waals surface area contributed by atoms with E-state index < -0.39 is 0 Å². The van der Waals surface area contributed by atoms with Gasteiger partial charge in [-0.15, -0.1) is 0 Å². The third kappa shape index (κ3) is 1.53. The Balaban J connectivity index is 0.000000461. The van der Waals surface area contributed by atoms with Gasteiger partial charge in [0, 0.05) is 14.1 Å². The van der Waals surface area contributed by atoms with Crippen LogP contribution in [0.4, 0.5) is 0 Å². The van der Waals surface area contributed by atoms with Crippen molar-refractivity contribution in [1.82, 2.24) is 19.1 Å². The minimum atomic E-state index is 0.389. The van der Waals surface area contributed by atoms with Gasteiger partial charge in [-0.05, 0) is 0 Å². The fourth-order valence-corrected chi connectivity index (χ4v) is 1.11. The maximum atomic E-state index is 7.65. The van der Waals surface area contributed by atoms with Crippen molar-refractivity contribution in [2.24, 2.45) is 14.1 Å². The van der Waals surface area contributed by atoms with Crippen molar-refractivity contribution in [2.75, 3.05) is 0 Å². The number of aryl methyl sites for hydroxylation is 2. The Bertz CT molecular complexity index is 479. The molecule has 0 bridgehead atoms. The molecule has 5 nitrogen and oxygen atoms in total. The summed E-state index contributed by atoms with van der Waals surface area (Å²) in [5, 5.41) is 7.65. The van der Waals surface area contributed by atoms with E-state index in [0.717, 1.165) is 5.65 Å². The van der Waals surface area contributed by atoms with Gasteiger partial charge in [0.25, 0.3) is 0 Å². The molecule has 0 aliphatic carbocycles. The molecule has 1 N–H and O–H groups in total. The SMILES string of the molecule is CC.Cn1cnc2c(ncn2C)c1=N. The second kappa shape index (κ2) is 4.04. The molecule has 0 spiro atoms. The highest BCUT2D eigenvalue weighted by atomic mass is 15.1. The van der Waals surface area contributed by atoms with Crippen molar-refractivity contribution in [2.45, 2.75) is 13.8 Å². The van der Waals surface area contributed by atoms with E-state index >= 15 is 0 Å². The summed E-state index contributed by atoms with van der Waals surface area (Å²) in [6, 6.07) is 0. The molecular weight excluding hydrogens is 178 g/mol. The Labute approximate surface area is 82.6 Å². The van der Waals surface area contributed by atoms with Crippen molar-refractivity contribution in [1.29, 1.82) is 5.41 Å². The predicted octanol–water partition coefficient (Wildman–Crippen LogP) is 0.812. The third-order valence-corrected chi connectivity index (χ3v) is 1.84. The number of nitrogens with zero attached hydrogens (tertiary/aromatic N) is 4. The fourth-order valence-electron chi connectivity index (χ4n) is 1.11. The van der Waals surface area contributed by atoms with Gasteiger partial charge < -0.3 is 9.13 Å². The minimum Gasteiger partial charge on any atom is -0.319 e. The van der Waals surface area contributed by atoms with E-state index in [-0.39, 0.29) is 0 Å². The summed E-state index contributed by atoms with van der Waals surface area (Å²) in [5.41, 5.74) is 1.78. The molecule has 2 heterocycles. The zero-order valence-corrected chi connectivity index (χ0v) is 8.94. The van der Waals surface area contributed by atoms with Crippen molar-refractivity contribution < 1.29 is 0 Å². The predicted molar refractivity (Wildman–Crippen MR) is 54.7 cm³/mol. The molecule has 2 rings (SSSR count). The maximum Gasteiger partial charge on any atom is 0.165 e. The van der Waals surface area contributed by atoms with Crippen LogP contribution in [0, 0.1) is 5.41 Å². The molecule has 76 valence electrons. The van der Waals surface area contributed by atoms with Crippen LogP contribution in [0.5, 0.6) is 0 Å². The zero-order chi connectivity index (χ0) is 10.7. The van der Waals surface area contributed by atoms with Gasteiger partial charge in [0.2, 0.25) is 0 Å². The smallest absolute Gasteiger partial charge is 0.165 e. The molecule has 0 unspecified atom stereocenters. The molecule has 5 heteroatoms. The fraction of sp³-hybridized carbons (Fsp3) is 0.444. The lowest BCUT2D eigenvalue weighted by molar-refractivity contribution is 0.797. The summed E-state index contributed by atoms with van der Waals surface area (Å²) in [5.74, 6) is 0. The van der Waals surface area contributed by atoms with Crippen molar-refractivity contribution in [3.8, 4) is 0 Å². The molecule has 0 aromatic carbocycles. The molecule has 0 atom stereocenters. The largest absolute Gasteiger partial charge is 0.319 e. The van der Waals surface area contributed by atoms with Crippen LogP contribution < -0.4 is 5.49 Å². The van der Waals surface area contributed by atoms with Crippen LogP contribution in [-0.2, 0) is 14.1 Å². The first-order valence-electron chi connectivity index (χ1n) is 4.57. The zero-order valence-electron chi connectivity index (χ0n) is 8.94. The molecule has 0 amide bonds. The van der Waals surface area contributed by atoms with Crippen LogP contribution in [0.15, 0.2) is 12.7 Å². The van der Waals surface area contributed by atoms with Crippen LogP contribution >= 0.6 is 0 Å². The summed E-state index contributed by atoms with van der Waals surface area (Å²) < 4.78 is 3.43. The number of nitrogens with one attached hydrogen (secondary N) is 1. The Morgan fingerprint density at radius 1 is 1.07 bits per heavy atom. The molecule has 2 aromatic heterocycles. The maximum absolute atomic E-state index is 7.65. The topological polar surface area (TPSA) is 59.5 Å². The van der Waals surface area contributed by atoms with Crippen LogP contribution in [0.1, 0.15) is 13.8 Å². The Kier molecular flexibility index (Phi) is 3.01. The second-order valence-electron chi connectivity index (χ2n) is 2.73. The molecule has 2 aromatic rings. The Hall–Kier alpha value is -1.65. The quantitative estimate of drug-likeness (QED) is 0.673. The molecule has 0 fully saturated rings. The van der Waals surface area contributed by atoms with Gasteiger partial charge in [0.15, 0.2) is 11.1 Å². The van der Waals surface area contributed by atoms with Crippen LogP contribution in [0.3, 0.4) is 0 Å². The van der Waals surface area contributed by atoms with Crippen LogP contribution in [0.25, 0.3) is 11.2 Å². The van der Waals surface area contributed by atoms with Gasteiger partial charge in [0.1, 0.15) is 5.52 Å². The first kappa shape index (κ1) is 10.4. The highest BCUT2D eigenvalue weighted by molar-refractivity contribution is 5.68. The van der Waals surface area contributed by atoms with Crippen molar-refractivity contribution in [3.05, 3.63) is 18.1 Å². The highest BCUT2D eigenvalue weighted by Crippen LogP contribution is 2.00. The van der Waals surface area contributed by atoms with E-state index in [1.165, 1.54) is 0 Å². The highest BCUT2D eigenvalue weighted by Gasteiger charge is 2.02. The molecule has 0 radical (unpaired) electrons. The van der Waals surface area contributed by atoms with E-state index in [1.54, 1.807) is 28.8 Å². The lowest BCUT2D eigenvalue weighted by Gasteiger charge is -1.97. The van der Waals surface area contributed by atoms with E-state index in [9.17, 15) is 0 Å². The van der Waals surface area contributed by atoms with Gasteiger partial charge in [-0.25, -0.2) is 9.97 Å². The van der Waals surface area contributed by atoms with E-state index in [2.05, 4.69) is 9.97 Å². The molecule has 0 saturated heterocycles. The molecule has 0 aliphatic heterocycles. The standard InChI is InChI=1S/C7H9N5.C2H6/c1-11-4-10-7-5(6(11)8)9-3-12(7)2;1-2/h3-4,8H,1-2H3;1-2H3. The van der Waals surface area contributed by atoms with Crippen molar-refractivity contribution >= 4 is 11.2 Å². The molecule has 0 saturated carbocycles. The summed E-state index contributed by atoms with van der Waals surface area (Å²) in [4.78, 5) is 8.22. The van der Waals surface area contributed by atoms with Crippen LogP contribution in [0.2, 0.25) is 0 Å². The Morgan fingerprint density at radius 2 is 1.64 bits per heavy atom. The summed E-state index contributed by atoms with van der Waals surface area (Å²) in [6.07, 6.45) is 3.28. The summed E-state index contributed by atoms with van der Waals surface area (Å²) >= 11 is 0. The lowest BCUT2D eigenvalue weighted by atomic mass is 10.5. The first-order valence-corrected chi connectivity index (χ1v) is 4.57. The number of aromatic nitrogens is 4. The lowest BCUT2D eigenvalue weighted by Crippen LogP contribution is -2.17. The Morgan fingerprint density at radius 3 is 2.29 bits per heavy atom.